The van der Waals surface area contributed by atoms with Crippen molar-refractivity contribution in [3.05, 3.63) is 71.3 Å². The maximum atomic E-state index is 12.4. The third-order valence-electron chi connectivity index (χ3n) is 4.84. The van der Waals surface area contributed by atoms with Crippen molar-refractivity contribution in [2.75, 3.05) is 26.3 Å². The van der Waals surface area contributed by atoms with Crippen molar-refractivity contribution in [3.8, 4) is 5.75 Å². The molecule has 1 aliphatic heterocycles. The summed E-state index contributed by atoms with van der Waals surface area (Å²) in [6, 6.07) is 15.2. The van der Waals surface area contributed by atoms with Crippen molar-refractivity contribution in [2.45, 2.75) is 12.5 Å². The smallest absolute Gasteiger partial charge is 0.308 e. The molecule has 10 heteroatoms. The molecule has 0 aliphatic carbocycles. The van der Waals surface area contributed by atoms with E-state index >= 15 is 0 Å². The second kappa shape index (κ2) is 12.7. The van der Waals surface area contributed by atoms with Gasteiger partial charge in [-0.25, -0.2) is 0 Å². The van der Waals surface area contributed by atoms with Gasteiger partial charge in [-0.05, 0) is 48.1 Å². The zero-order valence-corrected chi connectivity index (χ0v) is 19.8. The van der Waals surface area contributed by atoms with Gasteiger partial charge in [0.1, 0.15) is 25.0 Å². The quantitative estimate of drug-likeness (QED) is 0.248. The van der Waals surface area contributed by atoms with E-state index in [9.17, 15) is 14.4 Å². The van der Waals surface area contributed by atoms with Gasteiger partial charge in [0.25, 0.3) is 0 Å². The van der Waals surface area contributed by atoms with Crippen LogP contribution in [0.1, 0.15) is 12.0 Å². The fourth-order valence-corrected chi connectivity index (χ4v) is 3.62. The van der Waals surface area contributed by atoms with Crippen LogP contribution in [-0.2, 0) is 19.1 Å². The second-order valence-corrected chi connectivity index (χ2v) is 8.09. The number of rotatable bonds is 8. The van der Waals surface area contributed by atoms with Gasteiger partial charge >= 0.3 is 5.97 Å². The summed E-state index contributed by atoms with van der Waals surface area (Å²) in [5, 5.41) is 5.94. The van der Waals surface area contributed by atoms with Gasteiger partial charge in [0.15, 0.2) is 5.11 Å². The number of esters is 1. The number of carbonyl (C=O) groups excluding carboxylic acids is 3. The van der Waals surface area contributed by atoms with Gasteiger partial charge in [-0.2, -0.15) is 0 Å². The average Bonchev–Trinajstić information content (AvgIpc) is 2.83. The maximum Gasteiger partial charge on any atom is 0.308 e. The molecule has 0 spiro atoms. The number of hydrogen-bond donors (Lipinski definition) is 2. The van der Waals surface area contributed by atoms with Crippen LogP contribution in [0.5, 0.6) is 5.75 Å². The first-order valence-electron chi connectivity index (χ1n) is 10.6. The van der Waals surface area contributed by atoms with Crippen molar-refractivity contribution < 1.29 is 23.9 Å². The number of ether oxygens (including phenoxy) is 2. The number of nitrogens with zero attached hydrogens (tertiary/aromatic N) is 1. The van der Waals surface area contributed by atoms with Crippen LogP contribution in [0, 0.1) is 0 Å². The molecule has 2 aromatic rings. The normalized spacial score (nSPS) is 15.5. The molecule has 1 heterocycles. The number of hydrogen-bond acceptors (Lipinski definition) is 6. The Morgan fingerprint density at radius 3 is 2.62 bits per heavy atom. The van der Waals surface area contributed by atoms with E-state index in [1.54, 1.807) is 42.5 Å². The van der Waals surface area contributed by atoms with E-state index in [1.807, 2.05) is 18.2 Å². The molecule has 1 unspecified atom stereocenters. The van der Waals surface area contributed by atoms with Crippen LogP contribution >= 0.6 is 23.8 Å². The molecule has 34 heavy (non-hydrogen) atoms. The third kappa shape index (κ3) is 7.86. The summed E-state index contributed by atoms with van der Waals surface area (Å²) in [5.74, 6) is -0.717. The first-order valence-corrected chi connectivity index (χ1v) is 11.4. The Labute approximate surface area is 207 Å². The van der Waals surface area contributed by atoms with Gasteiger partial charge in [0, 0.05) is 24.2 Å². The first-order chi connectivity index (χ1) is 16.4. The van der Waals surface area contributed by atoms with E-state index in [0.717, 1.165) is 5.56 Å². The number of para-hydroxylation sites is 1. The highest BCUT2D eigenvalue weighted by Crippen LogP contribution is 2.13. The molecule has 2 amide bonds. The van der Waals surface area contributed by atoms with Gasteiger partial charge in [-0.3, -0.25) is 19.7 Å². The SMILES string of the molecule is O=C(/C=C/c1ccc(Cl)cc1)NC(=S)N1CCNC(=O)C1CC(=O)OCCOc1ccccc1. The molecule has 2 N–H and O–H groups in total. The van der Waals surface area contributed by atoms with Crippen LogP contribution in [-0.4, -0.2) is 60.1 Å². The molecule has 1 atom stereocenters. The predicted molar refractivity (Wildman–Crippen MR) is 132 cm³/mol. The van der Waals surface area contributed by atoms with Gasteiger partial charge < -0.3 is 19.7 Å². The summed E-state index contributed by atoms with van der Waals surface area (Å²) < 4.78 is 10.7. The molecule has 0 saturated carbocycles. The number of halogens is 1. The van der Waals surface area contributed by atoms with E-state index in [-0.39, 0.29) is 30.7 Å². The molecule has 1 saturated heterocycles. The molecule has 0 radical (unpaired) electrons. The number of benzene rings is 2. The molecule has 2 aromatic carbocycles. The zero-order valence-electron chi connectivity index (χ0n) is 18.2. The topological polar surface area (TPSA) is 97.0 Å². The minimum absolute atomic E-state index is 0.0404. The van der Waals surface area contributed by atoms with Gasteiger partial charge in [-0.1, -0.05) is 41.9 Å². The van der Waals surface area contributed by atoms with Gasteiger partial charge in [-0.15, -0.1) is 0 Å². The molecule has 0 aromatic heterocycles. The van der Waals surface area contributed by atoms with Crippen molar-refractivity contribution in [1.29, 1.82) is 0 Å². The van der Waals surface area contributed by atoms with E-state index in [1.165, 1.54) is 11.0 Å². The molecule has 1 aliphatic rings. The lowest BCUT2D eigenvalue weighted by atomic mass is 10.1. The van der Waals surface area contributed by atoms with Crippen LogP contribution in [0.4, 0.5) is 0 Å². The molecule has 178 valence electrons. The Bertz CT molecular complexity index is 1050. The lowest BCUT2D eigenvalue weighted by molar-refractivity contribution is -0.148. The summed E-state index contributed by atoms with van der Waals surface area (Å²) in [6.45, 7) is 0.913. The minimum Gasteiger partial charge on any atom is -0.490 e. The highest BCUT2D eigenvalue weighted by molar-refractivity contribution is 7.80. The van der Waals surface area contributed by atoms with E-state index in [2.05, 4.69) is 10.6 Å². The molecule has 0 bridgehead atoms. The largest absolute Gasteiger partial charge is 0.490 e. The number of piperazine rings is 1. The van der Waals surface area contributed by atoms with Crippen LogP contribution in [0.3, 0.4) is 0 Å². The monoisotopic (exact) mass is 501 g/mol. The highest BCUT2D eigenvalue weighted by atomic mass is 35.5. The summed E-state index contributed by atoms with van der Waals surface area (Å²) in [5.41, 5.74) is 0.791. The number of carbonyl (C=O) groups is 3. The van der Waals surface area contributed by atoms with Crippen LogP contribution in [0.15, 0.2) is 60.7 Å². The van der Waals surface area contributed by atoms with Crippen LogP contribution in [0.2, 0.25) is 5.02 Å². The lowest BCUT2D eigenvalue weighted by Crippen LogP contribution is -2.60. The van der Waals surface area contributed by atoms with Crippen molar-refractivity contribution in [2.24, 2.45) is 0 Å². The van der Waals surface area contributed by atoms with Crippen molar-refractivity contribution in [3.63, 3.8) is 0 Å². The van der Waals surface area contributed by atoms with E-state index in [0.29, 0.717) is 23.9 Å². The van der Waals surface area contributed by atoms with Crippen molar-refractivity contribution in [1.82, 2.24) is 15.5 Å². The zero-order chi connectivity index (χ0) is 24.3. The average molecular weight is 502 g/mol. The summed E-state index contributed by atoms with van der Waals surface area (Å²) in [4.78, 5) is 38.5. The van der Waals surface area contributed by atoms with Gasteiger partial charge in [0.05, 0.1) is 6.42 Å². The fourth-order valence-electron chi connectivity index (χ4n) is 3.17. The number of thiocarbonyl (C=S) groups is 1. The van der Waals surface area contributed by atoms with Gasteiger partial charge in [0.2, 0.25) is 11.8 Å². The molecule has 8 nitrogen and oxygen atoms in total. The lowest BCUT2D eigenvalue weighted by Gasteiger charge is -2.36. The highest BCUT2D eigenvalue weighted by Gasteiger charge is 2.34. The van der Waals surface area contributed by atoms with E-state index in [4.69, 9.17) is 33.3 Å². The Hall–Kier alpha value is -3.43. The fraction of sp³-hybridized carbons (Fsp3) is 0.250. The van der Waals surface area contributed by atoms with Crippen molar-refractivity contribution >= 4 is 52.8 Å². The Balaban J connectivity index is 1.49. The third-order valence-corrected chi connectivity index (χ3v) is 5.43. The van der Waals surface area contributed by atoms with Crippen LogP contribution < -0.4 is 15.4 Å². The Kier molecular flexibility index (Phi) is 9.42. The molecular weight excluding hydrogens is 478 g/mol. The summed E-state index contributed by atoms with van der Waals surface area (Å²) >= 11 is 11.2. The summed E-state index contributed by atoms with van der Waals surface area (Å²) in [7, 11) is 0. The first kappa shape index (κ1) is 25.2. The minimum atomic E-state index is -0.885. The van der Waals surface area contributed by atoms with E-state index < -0.39 is 17.9 Å². The Morgan fingerprint density at radius 1 is 1.15 bits per heavy atom. The van der Waals surface area contributed by atoms with Crippen LogP contribution in [0.25, 0.3) is 6.08 Å². The molecular formula is C24H24ClN3O5S. The number of nitrogens with one attached hydrogen (secondary N) is 2. The summed E-state index contributed by atoms with van der Waals surface area (Å²) in [6.07, 6.45) is 2.73. The standard InChI is InChI=1S/C24H24ClN3O5S/c25-18-9-6-17(7-10-18)8-11-21(29)27-24(34)28-13-12-26-23(31)20(28)16-22(30)33-15-14-32-19-4-2-1-3-5-19/h1-11,20H,12-16H2,(H,26,31)(H,27,29,34)/b11-8+. The molecule has 3 rings (SSSR count). The number of amides is 2. The second-order valence-electron chi connectivity index (χ2n) is 7.27. The predicted octanol–water partition coefficient (Wildman–Crippen LogP) is 2.57. The Morgan fingerprint density at radius 2 is 1.88 bits per heavy atom. The maximum absolute atomic E-state index is 12.4. The molecule has 1 fully saturated rings.